The Morgan fingerprint density at radius 1 is 0.929 bits per heavy atom. The second-order valence-corrected chi connectivity index (χ2v) is 4.71. The first-order chi connectivity index (χ1) is 6.43. The fourth-order valence-corrected chi connectivity index (χ4v) is 2.23. The summed E-state index contributed by atoms with van der Waals surface area (Å²) in [4.78, 5) is 21.1. The normalized spacial score (nSPS) is 9.86. The van der Waals surface area contributed by atoms with Gasteiger partial charge in [-0.05, 0) is 57.3 Å². The van der Waals surface area contributed by atoms with Crippen LogP contribution in [0.5, 0.6) is 0 Å². The van der Waals surface area contributed by atoms with Gasteiger partial charge in [-0.25, -0.2) is 0 Å². The van der Waals surface area contributed by atoms with Crippen molar-refractivity contribution < 1.29 is 19.8 Å². The SMILES string of the molecule is O=C([O-])c1cc(I)c(C(=O)[O-])cc1I. The molecule has 0 heterocycles. The molecule has 0 amide bonds. The highest BCUT2D eigenvalue weighted by atomic mass is 127. The largest absolute Gasteiger partial charge is 0.545 e. The number of hydrogen-bond acceptors (Lipinski definition) is 4. The molecule has 4 nitrogen and oxygen atoms in total. The lowest BCUT2D eigenvalue weighted by Gasteiger charge is -2.11. The molecule has 0 N–H and O–H groups in total. The van der Waals surface area contributed by atoms with Gasteiger partial charge >= 0.3 is 0 Å². The molecule has 14 heavy (non-hydrogen) atoms. The Balaban J connectivity index is 3.38. The number of hydrogen-bond donors (Lipinski definition) is 0. The molecule has 0 radical (unpaired) electrons. The van der Waals surface area contributed by atoms with Gasteiger partial charge in [-0.1, -0.05) is 0 Å². The Kier molecular flexibility index (Phi) is 3.70. The summed E-state index contributed by atoms with van der Waals surface area (Å²) in [5, 5.41) is 21.1. The lowest BCUT2D eigenvalue weighted by molar-refractivity contribution is -0.256. The molecular weight excluding hydrogens is 414 g/mol. The molecule has 0 aliphatic carbocycles. The van der Waals surface area contributed by atoms with E-state index >= 15 is 0 Å². The number of carbonyl (C=O) groups is 2. The van der Waals surface area contributed by atoms with Gasteiger partial charge in [-0.15, -0.1) is 0 Å². The van der Waals surface area contributed by atoms with E-state index in [-0.39, 0.29) is 11.1 Å². The van der Waals surface area contributed by atoms with Crippen LogP contribution >= 0.6 is 45.2 Å². The van der Waals surface area contributed by atoms with Gasteiger partial charge in [0.05, 0.1) is 11.9 Å². The Bertz CT molecular complexity index is 374. The summed E-state index contributed by atoms with van der Waals surface area (Å²) < 4.78 is 0.643. The topological polar surface area (TPSA) is 80.3 Å². The summed E-state index contributed by atoms with van der Waals surface area (Å²) in [6.07, 6.45) is 0. The van der Waals surface area contributed by atoms with Gasteiger partial charge in [0, 0.05) is 18.3 Å². The molecule has 0 fully saturated rings. The second-order valence-electron chi connectivity index (χ2n) is 2.39. The van der Waals surface area contributed by atoms with Gasteiger partial charge in [0.2, 0.25) is 0 Å². The van der Waals surface area contributed by atoms with E-state index < -0.39 is 11.9 Å². The van der Waals surface area contributed by atoms with Crippen LogP contribution in [0.2, 0.25) is 0 Å². The average Bonchev–Trinajstić information content (AvgIpc) is 2.07. The fourth-order valence-electron chi connectivity index (χ4n) is 0.860. The summed E-state index contributed by atoms with van der Waals surface area (Å²) in [6.45, 7) is 0. The lowest BCUT2D eigenvalue weighted by atomic mass is 10.1. The van der Waals surface area contributed by atoms with E-state index in [1.165, 1.54) is 12.1 Å². The minimum atomic E-state index is -1.32. The van der Waals surface area contributed by atoms with Crippen molar-refractivity contribution in [3.63, 3.8) is 0 Å². The van der Waals surface area contributed by atoms with E-state index in [1.54, 1.807) is 45.2 Å². The van der Waals surface area contributed by atoms with Gasteiger partial charge in [0.15, 0.2) is 0 Å². The molecule has 0 saturated carbocycles. The third kappa shape index (κ3) is 2.35. The van der Waals surface area contributed by atoms with Crippen LogP contribution in [-0.4, -0.2) is 11.9 Å². The van der Waals surface area contributed by atoms with Crippen molar-refractivity contribution >= 4 is 57.1 Å². The minimum absolute atomic E-state index is 0.0139. The quantitative estimate of drug-likeness (QED) is 0.617. The summed E-state index contributed by atoms with van der Waals surface area (Å²) in [5.41, 5.74) is -0.0278. The first-order valence-electron chi connectivity index (χ1n) is 3.35. The highest BCUT2D eigenvalue weighted by Crippen LogP contribution is 2.19. The van der Waals surface area contributed by atoms with Crippen molar-refractivity contribution in [1.29, 1.82) is 0 Å². The van der Waals surface area contributed by atoms with Gasteiger partial charge in [0.1, 0.15) is 0 Å². The molecule has 0 aliphatic heterocycles. The number of carbonyl (C=O) groups excluding carboxylic acids is 2. The predicted molar refractivity (Wildman–Crippen MR) is 60.5 cm³/mol. The van der Waals surface area contributed by atoms with Crippen molar-refractivity contribution in [2.45, 2.75) is 0 Å². The zero-order valence-electron chi connectivity index (χ0n) is 6.54. The molecule has 0 spiro atoms. The molecule has 0 unspecified atom stereocenters. The van der Waals surface area contributed by atoms with Crippen molar-refractivity contribution in [2.75, 3.05) is 0 Å². The van der Waals surface area contributed by atoms with Gasteiger partial charge < -0.3 is 19.8 Å². The molecule has 74 valence electrons. The minimum Gasteiger partial charge on any atom is -0.545 e. The van der Waals surface area contributed by atoms with Crippen LogP contribution in [0.1, 0.15) is 20.7 Å². The zero-order valence-corrected chi connectivity index (χ0v) is 10.9. The van der Waals surface area contributed by atoms with Crippen molar-refractivity contribution in [2.24, 2.45) is 0 Å². The maximum atomic E-state index is 10.6. The average molecular weight is 416 g/mol. The predicted octanol–water partition coefficient (Wildman–Crippen LogP) is -0.377. The van der Waals surface area contributed by atoms with Crippen LogP contribution in [0.25, 0.3) is 0 Å². The van der Waals surface area contributed by atoms with E-state index in [1.807, 2.05) is 0 Å². The number of carboxylic acid groups (broad SMARTS) is 2. The van der Waals surface area contributed by atoms with E-state index in [4.69, 9.17) is 0 Å². The maximum Gasteiger partial charge on any atom is 0.0726 e. The van der Waals surface area contributed by atoms with Crippen molar-refractivity contribution in [3.8, 4) is 0 Å². The number of carboxylic acids is 2. The zero-order chi connectivity index (χ0) is 10.9. The smallest absolute Gasteiger partial charge is 0.0726 e. The molecule has 0 bridgehead atoms. The monoisotopic (exact) mass is 416 g/mol. The summed E-state index contributed by atoms with van der Waals surface area (Å²) in [6, 6.07) is 2.51. The van der Waals surface area contributed by atoms with E-state index in [0.717, 1.165) is 0 Å². The highest BCUT2D eigenvalue weighted by molar-refractivity contribution is 14.1. The van der Waals surface area contributed by atoms with Crippen molar-refractivity contribution in [3.05, 3.63) is 30.4 Å². The van der Waals surface area contributed by atoms with E-state index in [2.05, 4.69) is 0 Å². The summed E-state index contributed by atoms with van der Waals surface area (Å²) >= 11 is 3.47. The summed E-state index contributed by atoms with van der Waals surface area (Å²) in [7, 11) is 0. The third-order valence-electron chi connectivity index (χ3n) is 1.50. The molecule has 1 aromatic rings. The van der Waals surface area contributed by atoms with Gasteiger partial charge in [-0.2, -0.15) is 0 Å². The third-order valence-corrected chi connectivity index (χ3v) is 3.28. The summed E-state index contributed by atoms with van der Waals surface area (Å²) in [5.74, 6) is -2.64. The first kappa shape index (κ1) is 11.7. The maximum absolute atomic E-state index is 10.6. The first-order valence-corrected chi connectivity index (χ1v) is 5.51. The van der Waals surface area contributed by atoms with E-state index in [9.17, 15) is 19.8 Å². The standard InChI is InChI=1S/C8H4I2O4/c9-5-1-3(7(11)12)6(10)2-4(5)8(13)14/h1-2H,(H,11,12)(H,13,14)/p-2. The molecular formula is C8H2I2O4-2. The highest BCUT2D eigenvalue weighted by Gasteiger charge is 2.07. The Morgan fingerprint density at radius 3 is 1.43 bits per heavy atom. The second kappa shape index (κ2) is 4.43. The number of rotatable bonds is 2. The molecule has 6 heteroatoms. The van der Waals surface area contributed by atoms with Crippen LogP contribution in [0.4, 0.5) is 0 Å². The molecule has 1 rings (SSSR count). The van der Waals surface area contributed by atoms with Crippen LogP contribution in [-0.2, 0) is 0 Å². The Hall–Kier alpha value is -0.380. The van der Waals surface area contributed by atoms with Crippen LogP contribution in [0.15, 0.2) is 12.1 Å². The number of halogens is 2. The fraction of sp³-hybridized carbons (Fsp3) is 0. The number of aromatic carboxylic acids is 2. The van der Waals surface area contributed by atoms with Gasteiger partial charge in [-0.3, -0.25) is 0 Å². The van der Waals surface area contributed by atoms with Crippen LogP contribution in [0, 0.1) is 7.14 Å². The Labute approximate surface area is 107 Å². The van der Waals surface area contributed by atoms with Gasteiger partial charge in [0.25, 0.3) is 0 Å². The van der Waals surface area contributed by atoms with Crippen LogP contribution in [0.3, 0.4) is 0 Å². The molecule has 0 aromatic heterocycles. The molecule has 0 saturated heterocycles. The van der Waals surface area contributed by atoms with Crippen molar-refractivity contribution in [1.82, 2.24) is 0 Å². The lowest BCUT2D eigenvalue weighted by Crippen LogP contribution is -2.26. The molecule has 1 aromatic carbocycles. The Morgan fingerprint density at radius 2 is 1.21 bits per heavy atom. The molecule has 0 atom stereocenters. The van der Waals surface area contributed by atoms with E-state index in [0.29, 0.717) is 7.14 Å². The molecule has 0 aliphatic rings. The number of benzene rings is 1. The van der Waals surface area contributed by atoms with Crippen LogP contribution < -0.4 is 10.2 Å².